The van der Waals surface area contributed by atoms with Gasteiger partial charge in [-0.2, -0.15) is 13.2 Å². The average molecular weight is 459 g/mol. The second-order valence-corrected chi connectivity index (χ2v) is 7.21. The quantitative estimate of drug-likeness (QED) is 0.462. The molecule has 0 saturated heterocycles. The van der Waals surface area contributed by atoms with Gasteiger partial charge in [0.15, 0.2) is 0 Å². The van der Waals surface area contributed by atoms with E-state index in [1.807, 2.05) is 6.07 Å². The summed E-state index contributed by atoms with van der Waals surface area (Å²) in [6.45, 7) is 3.62. The molecule has 3 amide bonds. The van der Waals surface area contributed by atoms with E-state index >= 15 is 0 Å². The molecule has 3 aromatic rings. The van der Waals surface area contributed by atoms with Crippen LogP contribution in [-0.2, 0) is 12.7 Å². The molecule has 4 N–H and O–H groups in total. The average Bonchev–Trinajstić information content (AvgIpc) is 2.73. The van der Waals surface area contributed by atoms with E-state index in [0.717, 1.165) is 23.4 Å². The minimum absolute atomic E-state index is 0.0575. The van der Waals surface area contributed by atoms with E-state index in [9.17, 15) is 27.6 Å². The van der Waals surface area contributed by atoms with Crippen molar-refractivity contribution in [1.82, 2.24) is 15.3 Å². The number of H-pyrrole nitrogens is 1. The molecule has 172 valence electrons. The normalized spacial score (nSPS) is 11.1. The van der Waals surface area contributed by atoms with Crippen molar-refractivity contribution in [2.45, 2.75) is 26.6 Å². The first-order valence-corrected chi connectivity index (χ1v) is 9.72. The van der Waals surface area contributed by atoms with Gasteiger partial charge >= 0.3 is 12.2 Å². The summed E-state index contributed by atoms with van der Waals surface area (Å²) in [5.74, 6) is -0.461. The van der Waals surface area contributed by atoms with Crippen LogP contribution in [0.3, 0.4) is 0 Å². The lowest BCUT2D eigenvalue weighted by Gasteiger charge is -2.10. The third kappa shape index (κ3) is 6.19. The summed E-state index contributed by atoms with van der Waals surface area (Å²) >= 11 is 0. The Kier molecular flexibility index (Phi) is 6.80. The van der Waals surface area contributed by atoms with Crippen LogP contribution in [0.5, 0.6) is 0 Å². The van der Waals surface area contributed by atoms with Crippen molar-refractivity contribution in [2.24, 2.45) is 0 Å². The predicted octanol–water partition coefficient (Wildman–Crippen LogP) is 3.98. The zero-order valence-electron chi connectivity index (χ0n) is 17.6. The van der Waals surface area contributed by atoms with Gasteiger partial charge in [0.1, 0.15) is 5.82 Å². The Hall–Kier alpha value is -4.15. The number of hydrogen-bond acceptors (Lipinski definition) is 4. The zero-order valence-corrected chi connectivity index (χ0v) is 17.6. The fourth-order valence-corrected chi connectivity index (χ4v) is 2.99. The van der Waals surface area contributed by atoms with Gasteiger partial charge in [-0.1, -0.05) is 0 Å². The first-order chi connectivity index (χ1) is 15.5. The highest BCUT2D eigenvalue weighted by atomic mass is 19.4. The third-order valence-corrected chi connectivity index (χ3v) is 4.66. The molecule has 0 radical (unpaired) electrons. The van der Waals surface area contributed by atoms with Crippen molar-refractivity contribution in [2.75, 3.05) is 10.6 Å². The van der Waals surface area contributed by atoms with Crippen LogP contribution in [0, 0.1) is 13.8 Å². The summed E-state index contributed by atoms with van der Waals surface area (Å²) in [5.41, 5.74) is 1.43. The van der Waals surface area contributed by atoms with Gasteiger partial charge in [-0.25, -0.2) is 9.78 Å². The Morgan fingerprint density at radius 2 is 1.73 bits per heavy atom. The van der Waals surface area contributed by atoms with Gasteiger partial charge in [0.2, 0.25) is 0 Å². The maximum atomic E-state index is 12.6. The smallest absolute Gasteiger partial charge is 0.348 e. The lowest BCUT2D eigenvalue weighted by atomic mass is 10.1. The number of amides is 3. The molecule has 0 unspecified atom stereocenters. The summed E-state index contributed by atoms with van der Waals surface area (Å²) in [6.07, 6.45) is -3.90. The van der Waals surface area contributed by atoms with E-state index in [1.54, 1.807) is 13.8 Å². The summed E-state index contributed by atoms with van der Waals surface area (Å²) in [4.78, 5) is 42.7. The molecule has 0 aliphatic carbocycles. The van der Waals surface area contributed by atoms with Crippen LogP contribution in [-0.4, -0.2) is 21.9 Å². The number of carbonyl (C=O) groups is 2. The van der Waals surface area contributed by atoms with E-state index in [-0.39, 0.29) is 17.9 Å². The topological polar surface area (TPSA) is 116 Å². The monoisotopic (exact) mass is 459 g/mol. The maximum absolute atomic E-state index is 12.6. The molecular formula is C22H20F3N5O3. The molecule has 0 atom stereocenters. The van der Waals surface area contributed by atoms with E-state index in [2.05, 4.69) is 25.9 Å². The molecule has 11 heteroatoms. The zero-order chi connectivity index (χ0) is 24.2. The van der Waals surface area contributed by atoms with Gasteiger partial charge in [-0.3, -0.25) is 14.9 Å². The summed E-state index contributed by atoms with van der Waals surface area (Å²) in [5, 5.41) is 7.49. The second kappa shape index (κ2) is 9.55. The molecule has 0 aliphatic heterocycles. The highest BCUT2D eigenvalue weighted by Crippen LogP contribution is 2.28. The van der Waals surface area contributed by atoms with Gasteiger partial charge in [-0.05, 0) is 61.9 Å². The fraction of sp³-hybridized carbons (Fsp3) is 0.182. The van der Waals surface area contributed by atoms with Crippen molar-refractivity contribution < 1.29 is 22.8 Å². The molecule has 8 nitrogen and oxygen atoms in total. The molecule has 0 fully saturated rings. The molecule has 0 spiro atoms. The van der Waals surface area contributed by atoms with Crippen LogP contribution in [0.25, 0.3) is 0 Å². The second-order valence-electron chi connectivity index (χ2n) is 7.21. The van der Waals surface area contributed by atoms with Crippen molar-refractivity contribution >= 4 is 23.4 Å². The summed E-state index contributed by atoms with van der Waals surface area (Å²) in [7, 11) is 0. The van der Waals surface area contributed by atoms with Crippen LogP contribution in [0.4, 0.5) is 29.5 Å². The first kappa shape index (κ1) is 23.5. The maximum Gasteiger partial charge on any atom is 0.417 e. The Morgan fingerprint density at radius 3 is 2.30 bits per heavy atom. The fourth-order valence-electron chi connectivity index (χ4n) is 2.99. The Bertz CT molecular complexity index is 1220. The largest absolute Gasteiger partial charge is 0.417 e. The van der Waals surface area contributed by atoms with Gasteiger partial charge in [0.25, 0.3) is 11.5 Å². The Labute approximate surface area is 186 Å². The van der Waals surface area contributed by atoms with Crippen LogP contribution in [0.15, 0.2) is 53.5 Å². The Balaban J connectivity index is 1.56. The number of pyridine rings is 2. The number of hydrogen-bond donors (Lipinski definition) is 4. The van der Waals surface area contributed by atoms with Gasteiger partial charge < -0.3 is 15.6 Å². The van der Waals surface area contributed by atoms with Crippen molar-refractivity contribution in [3.8, 4) is 0 Å². The van der Waals surface area contributed by atoms with Crippen LogP contribution >= 0.6 is 0 Å². The SMILES string of the molecule is Cc1cc(C)c(CNC(=O)c2ccc(NC(=O)Nc3ccc(C(F)(F)F)cn3)cc2)c(=O)[nH]1. The van der Waals surface area contributed by atoms with Gasteiger partial charge in [0, 0.05) is 35.2 Å². The minimum atomic E-state index is -4.52. The Morgan fingerprint density at radius 1 is 1.03 bits per heavy atom. The number of nitrogens with zero attached hydrogens (tertiary/aromatic N) is 1. The summed E-state index contributed by atoms with van der Waals surface area (Å²) < 4.78 is 37.7. The number of urea groups is 1. The lowest BCUT2D eigenvalue weighted by Crippen LogP contribution is -2.28. The molecule has 0 saturated carbocycles. The number of aromatic amines is 1. The molecule has 0 bridgehead atoms. The van der Waals surface area contributed by atoms with Crippen LogP contribution < -0.4 is 21.5 Å². The van der Waals surface area contributed by atoms with Gasteiger partial charge in [-0.15, -0.1) is 0 Å². The molecule has 33 heavy (non-hydrogen) atoms. The highest BCUT2D eigenvalue weighted by Gasteiger charge is 2.30. The van der Waals surface area contributed by atoms with E-state index < -0.39 is 23.7 Å². The number of halogens is 3. The molecule has 0 aliphatic rings. The van der Waals surface area contributed by atoms with Crippen LogP contribution in [0.1, 0.15) is 32.7 Å². The standard InChI is InChI=1S/C22H20F3N5O3/c1-12-9-13(2)28-20(32)17(12)11-27-19(31)14-3-6-16(7-4-14)29-21(33)30-18-8-5-15(10-26-18)22(23,24)25/h3-10H,11H2,1-2H3,(H,27,31)(H,28,32)(H2,26,29,30,33). The number of nitrogens with one attached hydrogen (secondary N) is 4. The molecular weight excluding hydrogens is 439 g/mol. The number of alkyl halides is 3. The predicted molar refractivity (Wildman–Crippen MR) is 116 cm³/mol. The van der Waals surface area contributed by atoms with Gasteiger partial charge in [0.05, 0.1) is 5.56 Å². The number of carbonyl (C=O) groups excluding carboxylic acids is 2. The van der Waals surface area contributed by atoms with E-state index in [0.29, 0.717) is 23.0 Å². The van der Waals surface area contributed by atoms with Crippen molar-refractivity contribution in [1.29, 1.82) is 0 Å². The number of aromatic nitrogens is 2. The highest BCUT2D eigenvalue weighted by molar-refractivity contribution is 6.00. The molecule has 2 heterocycles. The molecule has 1 aromatic carbocycles. The lowest BCUT2D eigenvalue weighted by molar-refractivity contribution is -0.137. The first-order valence-electron chi connectivity index (χ1n) is 9.72. The van der Waals surface area contributed by atoms with E-state index in [1.165, 1.54) is 24.3 Å². The minimum Gasteiger partial charge on any atom is -0.348 e. The number of aryl methyl sites for hydroxylation is 2. The third-order valence-electron chi connectivity index (χ3n) is 4.66. The molecule has 3 rings (SSSR count). The van der Waals surface area contributed by atoms with E-state index in [4.69, 9.17) is 0 Å². The van der Waals surface area contributed by atoms with Crippen LogP contribution in [0.2, 0.25) is 0 Å². The molecule has 2 aromatic heterocycles. The van der Waals surface area contributed by atoms with Crippen molar-refractivity contribution in [3.63, 3.8) is 0 Å². The number of anilines is 2. The number of rotatable bonds is 5. The van der Waals surface area contributed by atoms with Crippen molar-refractivity contribution in [3.05, 3.63) is 87.0 Å². The number of benzene rings is 1. The summed E-state index contributed by atoms with van der Waals surface area (Å²) in [6, 6.07) is 8.87.